The summed E-state index contributed by atoms with van der Waals surface area (Å²) in [6.45, 7) is 13.3. The van der Waals surface area contributed by atoms with Gasteiger partial charge >= 0.3 is 0 Å². The van der Waals surface area contributed by atoms with Gasteiger partial charge in [0.05, 0.1) is 0 Å². The molecule has 0 heterocycles. The highest BCUT2D eigenvalue weighted by atomic mass is 14.1. The zero-order chi connectivity index (χ0) is 11.0. The molecule has 0 fully saturated rings. The molecule has 2 atom stereocenters. The van der Waals surface area contributed by atoms with E-state index in [0.29, 0.717) is 5.92 Å². The van der Waals surface area contributed by atoms with Gasteiger partial charge in [0.1, 0.15) is 0 Å². The largest absolute Gasteiger partial charge is 0.0628 e. The highest BCUT2D eigenvalue weighted by Gasteiger charge is 2.03. The summed E-state index contributed by atoms with van der Waals surface area (Å²) < 4.78 is 0. The molecule has 0 aliphatic heterocycles. The SMILES string of the molecule is [CH2]C(C)CCCC(C)CCCC(C)C. The van der Waals surface area contributed by atoms with Crippen molar-refractivity contribution in [3.63, 3.8) is 0 Å². The molecule has 0 aromatic rings. The van der Waals surface area contributed by atoms with Crippen LogP contribution < -0.4 is 0 Å². The molecule has 0 aliphatic rings. The normalized spacial score (nSPS) is 12.0. The fourth-order valence-electron chi connectivity index (χ4n) is 1.83. The van der Waals surface area contributed by atoms with Gasteiger partial charge in [-0.2, -0.15) is 0 Å². The van der Waals surface area contributed by atoms with E-state index in [2.05, 4.69) is 34.6 Å². The lowest BCUT2D eigenvalue weighted by Crippen LogP contribution is -1.98. The first kappa shape index (κ1) is 14.0. The Bertz CT molecular complexity index is 99.2. The first-order chi connectivity index (χ1) is 6.52. The maximum absolute atomic E-state index is 4.02. The summed E-state index contributed by atoms with van der Waals surface area (Å²) >= 11 is 0. The third-order valence-corrected chi connectivity index (χ3v) is 2.87. The monoisotopic (exact) mass is 197 g/mol. The van der Waals surface area contributed by atoms with E-state index in [-0.39, 0.29) is 0 Å². The summed E-state index contributed by atoms with van der Waals surface area (Å²) in [5, 5.41) is 0. The molecule has 0 heteroatoms. The van der Waals surface area contributed by atoms with Crippen molar-refractivity contribution in [1.82, 2.24) is 0 Å². The molecular formula is C14H29. The Morgan fingerprint density at radius 1 is 0.786 bits per heavy atom. The predicted octanol–water partition coefficient (Wildman–Crippen LogP) is 5.09. The van der Waals surface area contributed by atoms with Crippen LogP contribution in [0, 0.1) is 24.7 Å². The third-order valence-electron chi connectivity index (χ3n) is 2.87. The summed E-state index contributed by atoms with van der Waals surface area (Å²) in [5.41, 5.74) is 0. The van der Waals surface area contributed by atoms with Crippen molar-refractivity contribution in [2.45, 2.75) is 66.2 Å². The molecule has 0 spiro atoms. The maximum atomic E-state index is 4.02. The summed E-state index contributed by atoms with van der Waals surface area (Å²) in [7, 11) is 0. The van der Waals surface area contributed by atoms with Crippen LogP contribution in [0.5, 0.6) is 0 Å². The van der Waals surface area contributed by atoms with E-state index in [0.717, 1.165) is 11.8 Å². The Kier molecular flexibility index (Phi) is 8.32. The van der Waals surface area contributed by atoms with E-state index < -0.39 is 0 Å². The zero-order valence-corrected chi connectivity index (χ0v) is 10.7. The molecular weight excluding hydrogens is 168 g/mol. The lowest BCUT2D eigenvalue weighted by Gasteiger charge is -2.12. The minimum atomic E-state index is 0.637. The van der Waals surface area contributed by atoms with Crippen molar-refractivity contribution in [3.8, 4) is 0 Å². The van der Waals surface area contributed by atoms with E-state index >= 15 is 0 Å². The van der Waals surface area contributed by atoms with Crippen molar-refractivity contribution < 1.29 is 0 Å². The Hall–Kier alpha value is 0. The molecule has 0 N–H and O–H groups in total. The highest BCUT2D eigenvalue weighted by molar-refractivity contribution is 4.59. The van der Waals surface area contributed by atoms with E-state index in [1.807, 2.05) is 0 Å². The Morgan fingerprint density at radius 3 is 1.71 bits per heavy atom. The van der Waals surface area contributed by atoms with E-state index in [1.165, 1.54) is 38.5 Å². The van der Waals surface area contributed by atoms with Gasteiger partial charge in [0.15, 0.2) is 0 Å². The van der Waals surface area contributed by atoms with Crippen molar-refractivity contribution in [2.24, 2.45) is 17.8 Å². The van der Waals surface area contributed by atoms with Crippen molar-refractivity contribution in [2.75, 3.05) is 0 Å². The van der Waals surface area contributed by atoms with Gasteiger partial charge in [0.2, 0.25) is 0 Å². The molecule has 2 unspecified atom stereocenters. The first-order valence-electron chi connectivity index (χ1n) is 6.35. The molecule has 0 bridgehead atoms. The number of rotatable bonds is 8. The van der Waals surface area contributed by atoms with Gasteiger partial charge in [0.25, 0.3) is 0 Å². The quantitative estimate of drug-likeness (QED) is 0.508. The molecule has 0 amide bonds. The average molecular weight is 197 g/mol. The first-order valence-corrected chi connectivity index (χ1v) is 6.35. The smallest absolute Gasteiger partial charge is 0.0443 e. The minimum absolute atomic E-state index is 0.637. The van der Waals surface area contributed by atoms with Gasteiger partial charge in [-0.1, -0.05) is 73.1 Å². The van der Waals surface area contributed by atoms with Crippen molar-refractivity contribution >= 4 is 0 Å². The van der Waals surface area contributed by atoms with E-state index in [4.69, 9.17) is 0 Å². The van der Waals surface area contributed by atoms with Crippen LogP contribution in [0.25, 0.3) is 0 Å². The van der Waals surface area contributed by atoms with E-state index in [9.17, 15) is 0 Å². The highest BCUT2D eigenvalue weighted by Crippen LogP contribution is 2.18. The van der Waals surface area contributed by atoms with Crippen LogP contribution in [-0.2, 0) is 0 Å². The summed E-state index contributed by atoms with van der Waals surface area (Å²) in [4.78, 5) is 0. The van der Waals surface area contributed by atoms with Gasteiger partial charge in [-0.3, -0.25) is 0 Å². The second kappa shape index (κ2) is 8.32. The predicted molar refractivity (Wildman–Crippen MR) is 66.2 cm³/mol. The van der Waals surface area contributed by atoms with Crippen LogP contribution in [0.15, 0.2) is 0 Å². The number of hydrogen-bond acceptors (Lipinski definition) is 0. The topological polar surface area (TPSA) is 0 Å². The van der Waals surface area contributed by atoms with Gasteiger partial charge in [-0.25, -0.2) is 0 Å². The zero-order valence-electron chi connectivity index (χ0n) is 10.7. The molecule has 85 valence electrons. The molecule has 1 radical (unpaired) electrons. The Morgan fingerprint density at radius 2 is 1.29 bits per heavy atom. The second-order valence-corrected chi connectivity index (χ2v) is 5.47. The number of hydrogen-bond donors (Lipinski definition) is 0. The lowest BCUT2D eigenvalue weighted by molar-refractivity contribution is 0.413. The van der Waals surface area contributed by atoms with Crippen LogP contribution in [0.1, 0.15) is 66.2 Å². The molecule has 0 aromatic carbocycles. The van der Waals surface area contributed by atoms with Gasteiger partial charge < -0.3 is 0 Å². The Labute approximate surface area is 91.5 Å². The Balaban J connectivity index is 3.23. The van der Waals surface area contributed by atoms with Crippen LogP contribution in [0.3, 0.4) is 0 Å². The fraction of sp³-hybridized carbons (Fsp3) is 0.929. The fourth-order valence-corrected chi connectivity index (χ4v) is 1.83. The molecule has 0 saturated heterocycles. The van der Waals surface area contributed by atoms with Crippen molar-refractivity contribution in [3.05, 3.63) is 6.92 Å². The maximum Gasteiger partial charge on any atom is -0.0443 e. The summed E-state index contributed by atoms with van der Waals surface area (Å²) in [6.07, 6.45) is 8.30. The second-order valence-electron chi connectivity index (χ2n) is 5.47. The molecule has 0 rings (SSSR count). The van der Waals surface area contributed by atoms with Crippen LogP contribution in [-0.4, -0.2) is 0 Å². The molecule has 0 aliphatic carbocycles. The third kappa shape index (κ3) is 10.1. The lowest BCUT2D eigenvalue weighted by atomic mass is 9.94. The van der Waals surface area contributed by atoms with Gasteiger partial charge in [-0.05, 0) is 17.8 Å². The molecule has 0 saturated carbocycles. The van der Waals surface area contributed by atoms with E-state index in [1.54, 1.807) is 0 Å². The molecule has 0 nitrogen and oxygen atoms in total. The van der Waals surface area contributed by atoms with Crippen molar-refractivity contribution in [1.29, 1.82) is 0 Å². The molecule has 0 aromatic heterocycles. The minimum Gasteiger partial charge on any atom is -0.0628 e. The van der Waals surface area contributed by atoms with Gasteiger partial charge in [0, 0.05) is 0 Å². The average Bonchev–Trinajstić information content (AvgIpc) is 2.02. The van der Waals surface area contributed by atoms with Gasteiger partial charge in [-0.15, -0.1) is 0 Å². The van der Waals surface area contributed by atoms with Crippen LogP contribution in [0.2, 0.25) is 0 Å². The summed E-state index contributed by atoms with van der Waals surface area (Å²) in [5.74, 6) is 2.44. The van der Waals surface area contributed by atoms with Crippen LogP contribution >= 0.6 is 0 Å². The molecule has 14 heavy (non-hydrogen) atoms. The standard InChI is InChI=1S/C14H29/c1-12(2)8-6-10-14(5)11-7-9-13(3)4/h12-14H,1,6-11H2,2-5H3. The van der Waals surface area contributed by atoms with Crippen LogP contribution in [0.4, 0.5) is 0 Å². The summed E-state index contributed by atoms with van der Waals surface area (Å²) in [6, 6.07) is 0.